The molecule has 15 rings (SSSR count). The van der Waals surface area contributed by atoms with Crippen LogP contribution in [-0.4, -0.2) is 178 Å². The molecule has 15 heterocycles. The summed E-state index contributed by atoms with van der Waals surface area (Å²) in [5, 5.41) is 22.5. The number of nitrogens with one attached hydrogen (secondary N) is 6. The highest BCUT2D eigenvalue weighted by Gasteiger charge is 2.45. The van der Waals surface area contributed by atoms with Crippen molar-refractivity contribution in [2.24, 2.45) is 34.0 Å². The van der Waals surface area contributed by atoms with Gasteiger partial charge in [0.1, 0.15) is 34.9 Å². The summed E-state index contributed by atoms with van der Waals surface area (Å²) in [6, 6.07) is 29.1. The molecule has 0 saturated carbocycles. The fourth-order valence-electron chi connectivity index (χ4n) is 15.0. The van der Waals surface area contributed by atoms with Gasteiger partial charge in [0, 0.05) is 92.7 Å². The van der Waals surface area contributed by atoms with Gasteiger partial charge in [-0.05, 0) is 187 Å². The normalized spacial score (nSPS) is 20.4. The summed E-state index contributed by atoms with van der Waals surface area (Å²) in [4.78, 5) is 73.9. The molecule has 117 heavy (non-hydrogen) atoms. The zero-order valence-corrected chi connectivity index (χ0v) is 71.2. The Morgan fingerprint density at radius 2 is 0.641 bits per heavy atom. The highest BCUT2D eigenvalue weighted by Crippen LogP contribution is 2.43. The van der Waals surface area contributed by atoms with Crippen molar-refractivity contribution < 1.29 is 53.8 Å². The van der Waals surface area contributed by atoms with Gasteiger partial charge in [0.25, 0.3) is 47.8 Å². The second kappa shape index (κ2) is 32.5. The van der Waals surface area contributed by atoms with Crippen molar-refractivity contribution in [2.75, 3.05) is 89.7 Å². The average molecular weight is 1660 g/mol. The van der Waals surface area contributed by atoms with Crippen LogP contribution in [0.5, 0.6) is 17.6 Å². The number of nitrogens with zero attached hydrogens (tertiary/aromatic N) is 15. The van der Waals surface area contributed by atoms with Crippen LogP contribution < -0.4 is 59.0 Å². The maximum atomic E-state index is 13.5. The van der Waals surface area contributed by atoms with Crippen molar-refractivity contribution in [3.8, 4) is 35.1 Å². The molecule has 0 aromatic carbocycles. The summed E-state index contributed by atoms with van der Waals surface area (Å²) in [5.41, 5.74) is -0.502. The number of ether oxygens (including phenoxy) is 3. The van der Waals surface area contributed by atoms with E-state index in [1.54, 1.807) is 124 Å². The average Bonchev–Trinajstić information content (AvgIpc) is 1.68. The first-order valence-corrected chi connectivity index (χ1v) is 43.6. The molecule has 0 radical (unpaired) electrons. The predicted octanol–water partition coefficient (Wildman–Crippen LogP) is 10.9. The summed E-state index contributed by atoms with van der Waals surface area (Å²) in [7, 11) is -12.6. The molecular formula is C81H105N21O12S3. The number of pyridine rings is 6. The third kappa shape index (κ3) is 20.2. The molecule has 3 amide bonds. The lowest BCUT2D eigenvalue weighted by molar-refractivity contribution is 0.0972. The molecule has 9 aromatic heterocycles. The minimum Gasteiger partial charge on any atom is -0.476 e. The zero-order chi connectivity index (χ0) is 84.0. The number of rotatable bonds is 9. The number of sulfonamides is 3. The number of anilines is 6. The molecule has 3 saturated heterocycles. The van der Waals surface area contributed by atoms with Crippen LogP contribution in [0.1, 0.15) is 173 Å². The van der Waals surface area contributed by atoms with E-state index in [9.17, 15) is 39.6 Å². The van der Waals surface area contributed by atoms with E-state index in [4.69, 9.17) is 29.2 Å². The summed E-state index contributed by atoms with van der Waals surface area (Å²) < 4.78 is 107. The van der Waals surface area contributed by atoms with E-state index in [1.807, 2.05) is 0 Å². The summed E-state index contributed by atoms with van der Waals surface area (Å²) in [6.07, 6.45) is 10.5. The first-order valence-electron chi connectivity index (χ1n) is 39.2. The van der Waals surface area contributed by atoms with Gasteiger partial charge in [0.15, 0.2) is 32.5 Å². The molecule has 12 bridgehead atoms. The molecule has 36 heteroatoms. The van der Waals surface area contributed by atoms with Crippen LogP contribution in [0.2, 0.25) is 0 Å². The quantitative estimate of drug-likeness (QED) is 0.0781. The minimum absolute atomic E-state index is 0.0186. The van der Waals surface area contributed by atoms with E-state index in [0.29, 0.717) is 147 Å². The lowest BCUT2D eigenvalue weighted by Crippen LogP contribution is -2.41. The number of hydrogen-bond donors (Lipinski definition) is 6. The molecule has 3 unspecified atom stereocenters. The summed E-state index contributed by atoms with van der Waals surface area (Å²) in [6.45, 7) is 36.9. The Labute approximate surface area is 683 Å². The minimum atomic E-state index is -4.21. The van der Waals surface area contributed by atoms with Gasteiger partial charge in [-0.2, -0.15) is 25.3 Å². The Morgan fingerprint density at radius 1 is 0.376 bits per heavy atom. The Bertz CT molecular complexity index is 5020. The fraction of sp³-hybridized carbons (Fsp3) is 0.481. The lowest BCUT2D eigenvalue weighted by Gasteiger charge is -2.34. The van der Waals surface area contributed by atoms with Crippen molar-refractivity contribution in [3.05, 3.63) is 144 Å². The fourth-order valence-corrected chi connectivity index (χ4v) is 17.8. The van der Waals surface area contributed by atoms with E-state index in [0.717, 1.165) is 38.5 Å². The summed E-state index contributed by atoms with van der Waals surface area (Å²) in [5.74, 6) is 4.19. The van der Waals surface area contributed by atoms with Crippen molar-refractivity contribution in [1.82, 2.24) is 73.4 Å². The van der Waals surface area contributed by atoms with Gasteiger partial charge < -0.3 is 44.9 Å². The van der Waals surface area contributed by atoms with Crippen molar-refractivity contribution in [2.45, 2.75) is 174 Å². The predicted molar refractivity (Wildman–Crippen MR) is 444 cm³/mol. The Balaban J connectivity index is 0.000000152. The van der Waals surface area contributed by atoms with Crippen LogP contribution >= 0.6 is 0 Å². The largest absolute Gasteiger partial charge is 0.476 e. The van der Waals surface area contributed by atoms with E-state index in [-0.39, 0.29) is 64.6 Å². The standard InChI is InChI=1S/3C27H35N7O4S/c3*1-26(2,3)17-38-22-12-14-34(31-22)21-10-9-19-24(30-21)33-16-18(15-27(33,4)5)11-13-28-20-7-6-8-23(29-20)39(36,37)32-25(19)35/h3*6-10,12,14,18H,11,13,15-17H2,1-5H3,(H,28,29)(H,32,35). The third-order valence-corrected chi connectivity index (χ3v) is 24.3. The highest BCUT2D eigenvalue weighted by molar-refractivity contribution is 7.90. The van der Waals surface area contributed by atoms with E-state index in [2.05, 4.69) is 179 Å². The Kier molecular flexibility index (Phi) is 23.3. The van der Waals surface area contributed by atoms with Crippen LogP contribution in [0.3, 0.4) is 0 Å². The topological polar surface area (TPSA) is 394 Å². The van der Waals surface area contributed by atoms with Crippen LogP contribution in [-0.2, 0) is 30.1 Å². The molecule has 6 aliphatic rings. The second-order valence-electron chi connectivity index (χ2n) is 36.0. The van der Waals surface area contributed by atoms with Gasteiger partial charge in [-0.25, -0.2) is 58.1 Å². The molecule has 33 nitrogen and oxygen atoms in total. The number of hydrogen-bond acceptors (Lipinski definition) is 27. The Morgan fingerprint density at radius 3 is 0.897 bits per heavy atom. The number of amides is 3. The monoisotopic (exact) mass is 1660 g/mol. The molecule has 0 spiro atoms. The van der Waals surface area contributed by atoms with Gasteiger partial charge in [-0.15, -0.1) is 15.3 Å². The Hall–Kier alpha value is -11.0. The van der Waals surface area contributed by atoms with Crippen LogP contribution in [0.25, 0.3) is 17.5 Å². The van der Waals surface area contributed by atoms with Gasteiger partial charge in [0.05, 0.1) is 36.5 Å². The van der Waals surface area contributed by atoms with Crippen LogP contribution in [0, 0.1) is 34.0 Å². The number of carbonyl (C=O) groups is 3. The maximum absolute atomic E-state index is 13.5. The first-order chi connectivity index (χ1) is 54.9. The zero-order valence-electron chi connectivity index (χ0n) is 68.8. The van der Waals surface area contributed by atoms with E-state index < -0.39 is 47.8 Å². The molecule has 3 atom stereocenters. The SMILES string of the molecule is CC(C)(C)COc1ccn(-c2ccc3c(n2)N2CC(CCNc4cccc(n4)S(=O)(=O)NC3=O)CC2(C)C)n1.CC(C)(C)COc1ccn(-c2ccc3c(n2)N2CC(CCNc4cccc(n4)S(=O)(=O)NC3=O)CC2(C)C)n1.CC(C)(C)COc1ccn(-c2ccc3c(n2)N2CC(CCNc4cccc(n4)S(=O)(=O)NC3=O)CC2(C)C)n1. The van der Waals surface area contributed by atoms with Crippen LogP contribution in [0.15, 0.2) is 143 Å². The maximum Gasteiger partial charge on any atom is 0.281 e. The van der Waals surface area contributed by atoms with Gasteiger partial charge >= 0.3 is 0 Å². The highest BCUT2D eigenvalue weighted by atomic mass is 32.2. The molecule has 9 aromatic rings. The first kappa shape index (κ1) is 83.9. The molecule has 6 N–H and O–H groups in total. The number of carbonyl (C=O) groups excluding carboxylic acids is 3. The van der Waals surface area contributed by atoms with Gasteiger partial charge in [-0.3, -0.25) is 14.4 Å². The van der Waals surface area contributed by atoms with Crippen molar-refractivity contribution in [1.29, 1.82) is 0 Å². The van der Waals surface area contributed by atoms with Gasteiger partial charge in [-0.1, -0.05) is 80.5 Å². The number of aromatic nitrogens is 12. The number of fused-ring (bicyclic) bond motifs is 18. The lowest BCUT2D eigenvalue weighted by atomic mass is 9.94. The van der Waals surface area contributed by atoms with E-state index in [1.165, 1.54) is 18.2 Å². The molecular weight excluding hydrogens is 1560 g/mol. The van der Waals surface area contributed by atoms with Crippen LogP contribution in [0.4, 0.5) is 34.9 Å². The smallest absolute Gasteiger partial charge is 0.281 e. The molecule has 624 valence electrons. The van der Waals surface area contributed by atoms with Crippen molar-refractivity contribution >= 4 is 82.7 Å². The van der Waals surface area contributed by atoms with Crippen molar-refractivity contribution in [3.63, 3.8) is 0 Å². The molecule has 3 fully saturated rings. The molecule has 0 aliphatic carbocycles. The third-order valence-electron chi connectivity index (χ3n) is 20.6. The van der Waals surface area contributed by atoms with Gasteiger partial charge in [0.2, 0.25) is 17.6 Å². The molecule has 6 aliphatic heterocycles. The van der Waals surface area contributed by atoms with E-state index >= 15 is 0 Å². The second-order valence-corrected chi connectivity index (χ2v) is 40.9. The summed E-state index contributed by atoms with van der Waals surface area (Å²) >= 11 is 0.